The largest absolute Gasteiger partial charge is 0.385 e. The Morgan fingerprint density at radius 2 is 2.00 bits per heavy atom. The highest BCUT2D eigenvalue weighted by Gasteiger charge is 2.24. The predicted molar refractivity (Wildman–Crippen MR) is 70.2 cm³/mol. The maximum Gasteiger partial charge on any atom is 0.166 e. The Kier molecular flexibility index (Phi) is 5.76. The van der Waals surface area contributed by atoms with Crippen LogP contribution in [0.1, 0.15) is 32.3 Å². The van der Waals surface area contributed by atoms with Crippen molar-refractivity contribution in [1.29, 1.82) is 0 Å². The van der Waals surface area contributed by atoms with Crippen molar-refractivity contribution in [3.05, 3.63) is 34.6 Å². The third kappa shape index (κ3) is 3.53. The number of carbonyl (C=O) groups is 1. The van der Waals surface area contributed by atoms with E-state index in [1.165, 1.54) is 12.1 Å². The quantitative estimate of drug-likeness (QED) is 0.862. The van der Waals surface area contributed by atoms with Gasteiger partial charge in [0.2, 0.25) is 0 Å². The maximum atomic E-state index is 13.6. The molecule has 0 bridgehead atoms. The highest BCUT2D eigenvalue weighted by atomic mass is 35.5. The Balaban J connectivity index is 2.78. The molecule has 1 unspecified atom stereocenters. The Morgan fingerprint density at radius 3 is 2.56 bits per heavy atom. The summed E-state index contributed by atoms with van der Waals surface area (Å²) in [4.78, 5) is 11.9. The van der Waals surface area contributed by atoms with Crippen molar-refractivity contribution >= 4 is 17.4 Å². The van der Waals surface area contributed by atoms with E-state index in [1.807, 2.05) is 13.8 Å². The van der Waals surface area contributed by atoms with Gasteiger partial charge >= 0.3 is 0 Å². The molecule has 1 aromatic carbocycles. The number of hydrogen-bond donors (Lipinski definition) is 1. The number of aliphatic hydroxyl groups excluding tert-OH is 1. The summed E-state index contributed by atoms with van der Waals surface area (Å²) in [6, 6.07) is 4.54. The maximum absolute atomic E-state index is 13.6. The highest BCUT2D eigenvalue weighted by molar-refractivity contribution is 6.30. The van der Waals surface area contributed by atoms with Crippen LogP contribution in [-0.4, -0.2) is 17.0 Å². The van der Waals surface area contributed by atoms with Crippen LogP contribution in [0.2, 0.25) is 5.02 Å². The average Bonchev–Trinajstić information content (AvgIpc) is 2.36. The van der Waals surface area contributed by atoms with Crippen molar-refractivity contribution < 1.29 is 14.3 Å². The normalized spacial score (nSPS) is 12.8. The van der Waals surface area contributed by atoms with E-state index in [2.05, 4.69) is 0 Å². The van der Waals surface area contributed by atoms with Crippen LogP contribution in [0.5, 0.6) is 0 Å². The van der Waals surface area contributed by atoms with E-state index in [9.17, 15) is 14.3 Å². The molecule has 18 heavy (non-hydrogen) atoms. The lowest BCUT2D eigenvalue weighted by Gasteiger charge is -2.18. The van der Waals surface area contributed by atoms with Gasteiger partial charge in [-0.1, -0.05) is 50.4 Å². The van der Waals surface area contributed by atoms with E-state index in [1.54, 1.807) is 6.07 Å². The summed E-state index contributed by atoms with van der Waals surface area (Å²) < 4.78 is 13.6. The first kappa shape index (κ1) is 15.1. The Bertz CT molecular complexity index is 416. The van der Waals surface area contributed by atoms with Crippen molar-refractivity contribution in [3.63, 3.8) is 0 Å². The molecule has 0 aliphatic carbocycles. The zero-order valence-corrected chi connectivity index (χ0v) is 11.4. The third-order valence-corrected chi connectivity index (χ3v) is 3.51. The van der Waals surface area contributed by atoms with Crippen molar-refractivity contribution in [1.82, 2.24) is 0 Å². The summed E-state index contributed by atoms with van der Waals surface area (Å²) in [6.45, 7) is 3.84. The number of rotatable bonds is 6. The monoisotopic (exact) mass is 272 g/mol. The van der Waals surface area contributed by atoms with Crippen LogP contribution in [0.15, 0.2) is 18.2 Å². The molecule has 0 aromatic heterocycles. The SMILES string of the molecule is CCC(CC)C(O)C(=O)Cc1cccc(Cl)c1F. The fraction of sp³-hybridized carbons (Fsp3) is 0.500. The van der Waals surface area contributed by atoms with Gasteiger partial charge in [-0.2, -0.15) is 0 Å². The molecule has 0 saturated heterocycles. The number of halogens is 2. The molecule has 1 rings (SSSR count). The first-order valence-electron chi connectivity index (χ1n) is 6.14. The molecule has 0 spiro atoms. The van der Waals surface area contributed by atoms with Crippen LogP contribution in [0.3, 0.4) is 0 Å². The van der Waals surface area contributed by atoms with Gasteiger partial charge in [0.1, 0.15) is 11.9 Å². The van der Waals surface area contributed by atoms with Crippen molar-refractivity contribution in [2.24, 2.45) is 5.92 Å². The van der Waals surface area contributed by atoms with Crippen molar-refractivity contribution in [2.45, 2.75) is 39.2 Å². The Labute approximate surface area is 112 Å². The molecule has 0 fully saturated rings. The minimum Gasteiger partial charge on any atom is -0.385 e. The van der Waals surface area contributed by atoms with Crippen molar-refractivity contribution in [2.75, 3.05) is 0 Å². The lowest BCUT2D eigenvalue weighted by Crippen LogP contribution is -2.30. The second-order valence-electron chi connectivity index (χ2n) is 4.38. The highest BCUT2D eigenvalue weighted by Crippen LogP contribution is 2.20. The van der Waals surface area contributed by atoms with Gasteiger partial charge in [-0.25, -0.2) is 4.39 Å². The average molecular weight is 273 g/mol. The van der Waals surface area contributed by atoms with E-state index < -0.39 is 11.9 Å². The number of benzene rings is 1. The molecule has 0 amide bonds. The molecular formula is C14H18ClFO2. The number of hydrogen-bond acceptors (Lipinski definition) is 2. The molecule has 0 aliphatic heterocycles. The molecule has 0 radical (unpaired) electrons. The molecule has 2 nitrogen and oxygen atoms in total. The number of Topliss-reactive ketones (excluding diaryl/α,β-unsaturated/α-hetero) is 1. The van der Waals surface area contributed by atoms with E-state index in [0.717, 1.165) is 12.8 Å². The number of carbonyl (C=O) groups excluding carboxylic acids is 1. The summed E-state index contributed by atoms with van der Waals surface area (Å²) in [7, 11) is 0. The van der Waals surface area contributed by atoms with Gasteiger partial charge in [0.05, 0.1) is 5.02 Å². The second kappa shape index (κ2) is 6.86. The molecule has 4 heteroatoms. The summed E-state index contributed by atoms with van der Waals surface area (Å²) in [6.07, 6.45) is 0.297. The first-order chi connectivity index (χ1) is 8.51. The Morgan fingerprint density at radius 1 is 1.39 bits per heavy atom. The molecule has 1 aromatic rings. The van der Waals surface area contributed by atoms with E-state index in [-0.39, 0.29) is 28.7 Å². The number of aliphatic hydroxyl groups is 1. The van der Waals surface area contributed by atoms with Crippen LogP contribution in [0.25, 0.3) is 0 Å². The first-order valence-corrected chi connectivity index (χ1v) is 6.52. The number of ketones is 1. The molecular weight excluding hydrogens is 255 g/mol. The summed E-state index contributed by atoms with van der Waals surface area (Å²) in [5.74, 6) is -1.01. The molecule has 100 valence electrons. The fourth-order valence-corrected chi connectivity index (χ4v) is 2.17. The van der Waals surface area contributed by atoms with Crippen LogP contribution < -0.4 is 0 Å². The van der Waals surface area contributed by atoms with E-state index in [0.29, 0.717) is 0 Å². The molecule has 0 aliphatic rings. The topological polar surface area (TPSA) is 37.3 Å². The van der Waals surface area contributed by atoms with Crippen molar-refractivity contribution in [3.8, 4) is 0 Å². The van der Waals surface area contributed by atoms with Crippen LogP contribution >= 0.6 is 11.6 Å². The molecule has 0 saturated carbocycles. The lowest BCUT2D eigenvalue weighted by molar-refractivity contribution is -0.129. The minimum absolute atomic E-state index is 0.00248. The second-order valence-corrected chi connectivity index (χ2v) is 4.78. The standard InChI is InChI=1S/C14H18ClFO2/c1-3-9(4-2)14(18)12(17)8-10-6-5-7-11(15)13(10)16/h5-7,9,14,18H,3-4,8H2,1-2H3. The van der Waals surface area contributed by atoms with Gasteiger partial charge < -0.3 is 5.11 Å². The van der Waals surface area contributed by atoms with Crippen LogP contribution in [0.4, 0.5) is 4.39 Å². The summed E-state index contributed by atoms with van der Waals surface area (Å²) in [5.41, 5.74) is 0.234. The van der Waals surface area contributed by atoms with Crippen LogP contribution in [0, 0.1) is 11.7 Å². The van der Waals surface area contributed by atoms with Gasteiger partial charge in [-0.3, -0.25) is 4.79 Å². The fourth-order valence-electron chi connectivity index (χ4n) is 1.98. The van der Waals surface area contributed by atoms with Gasteiger partial charge in [0, 0.05) is 6.42 Å². The van der Waals surface area contributed by atoms with Gasteiger partial charge in [-0.05, 0) is 17.5 Å². The molecule has 0 heterocycles. The zero-order valence-electron chi connectivity index (χ0n) is 10.6. The van der Waals surface area contributed by atoms with E-state index >= 15 is 0 Å². The van der Waals surface area contributed by atoms with Gasteiger partial charge in [-0.15, -0.1) is 0 Å². The summed E-state index contributed by atoms with van der Waals surface area (Å²) >= 11 is 5.65. The minimum atomic E-state index is -1.03. The lowest BCUT2D eigenvalue weighted by atomic mass is 9.91. The smallest absolute Gasteiger partial charge is 0.166 e. The molecule has 1 atom stereocenters. The summed E-state index contributed by atoms with van der Waals surface area (Å²) in [5, 5.41) is 9.89. The zero-order chi connectivity index (χ0) is 13.7. The van der Waals surface area contributed by atoms with Gasteiger partial charge in [0.25, 0.3) is 0 Å². The third-order valence-electron chi connectivity index (χ3n) is 3.22. The van der Waals surface area contributed by atoms with E-state index in [4.69, 9.17) is 11.6 Å². The van der Waals surface area contributed by atoms with Gasteiger partial charge in [0.15, 0.2) is 5.78 Å². The Hall–Kier alpha value is -0.930. The predicted octanol–water partition coefficient (Wildman–Crippen LogP) is 3.39. The molecule has 1 N–H and O–H groups in total. The van der Waals surface area contributed by atoms with Crippen LogP contribution in [-0.2, 0) is 11.2 Å².